The van der Waals surface area contributed by atoms with Crippen molar-refractivity contribution in [1.29, 1.82) is 0 Å². The lowest BCUT2D eigenvalue weighted by Gasteiger charge is -2.16. The quantitative estimate of drug-likeness (QED) is 0.836. The van der Waals surface area contributed by atoms with Crippen molar-refractivity contribution in [3.8, 4) is 0 Å². The van der Waals surface area contributed by atoms with E-state index in [9.17, 15) is 0 Å². The molecule has 0 radical (unpaired) electrons. The molecule has 1 N–H and O–H groups in total. The molecule has 20 heavy (non-hydrogen) atoms. The minimum atomic E-state index is 0.425. The molecule has 2 rings (SSSR count). The molecule has 0 bridgehead atoms. The Morgan fingerprint density at radius 3 is 2.40 bits per heavy atom. The SMILES string of the molecule is Cc1nnc(NC(C)CCCC(C)C)c2ccccc12. The third-order valence-electron chi connectivity index (χ3n) is 3.67. The molecule has 0 saturated carbocycles. The Hall–Kier alpha value is -1.64. The van der Waals surface area contributed by atoms with E-state index in [-0.39, 0.29) is 0 Å². The number of hydrogen-bond acceptors (Lipinski definition) is 3. The Morgan fingerprint density at radius 2 is 1.70 bits per heavy atom. The Kier molecular flexibility index (Phi) is 4.94. The van der Waals surface area contributed by atoms with E-state index in [0.29, 0.717) is 6.04 Å². The molecule has 0 fully saturated rings. The Balaban J connectivity index is 2.08. The van der Waals surface area contributed by atoms with Crippen LogP contribution in [0.1, 0.15) is 45.7 Å². The Morgan fingerprint density at radius 1 is 1.00 bits per heavy atom. The van der Waals surface area contributed by atoms with Crippen LogP contribution in [-0.4, -0.2) is 16.2 Å². The third-order valence-corrected chi connectivity index (χ3v) is 3.67. The van der Waals surface area contributed by atoms with Crippen molar-refractivity contribution in [2.45, 2.75) is 53.0 Å². The second-order valence-electron chi connectivity index (χ2n) is 6.05. The zero-order valence-electron chi connectivity index (χ0n) is 13.0. The van der Waals surface area contributed by atoms with E-state index in [4.69, 9.17) is 0 Å². The number of rotatable bonds is 6. The summed E-state index contributed by atoms with van der Waals surface area (Å²) in [6.07, 6.45) is 3.71. The number of aromatic nitrogens is 2. The van der Waals surface area contributed by atoms with E-state index in [0.717, 1.165) is 22.8 Å². The molecule has 0 aliphatic heterocycles. The first-order valence-electron chi connectivity index (χ1n) is 7.56. The fraction of sp³-hybridized carbons (Fsp3) is 0.529. The van der Waals surface area contributed by atoms with E-state index in [1.54, 1.807) is 0 Å². The number of hydrogen-bond donors (Lipinski definition) is 1. The van der Waals surface area contributed by atoms with Crippen LogP contribution in [-0.2, 0) is 0 Å². The van der Waals surface area contributed by atoms with Gasteiger partial charge in [0, 0.05) is 16.8 Å². The van der Waals surface area contributed by atoms with Crippen LogP contribution in [0.15, 0.2) is 24.3 Å². The average molecular weight is 271 g/mol. The maximum Gasteiger partial charge on any atom is 0.156 e. The van der Waals surface area contributed by atoms with Gasteiger partial charge in [-0.1, -0.05) is 51.0 Å². The highest BCUT2D eigenvalue weighted by Crippen LogP contribution is 2.23. The van der Waals surface area contributed by atoms with Crippen LogP contribution in [0.2, 0.25) is 0 Å². The van der Waals surface area contributed by atoms with Gasteiger partial charge in [-0.3, -0.25) is 0 Å². The van der Waals surface area contributed by atoms with Gasteiger partial charge in [-0.05, 0) is 26.2 Å². The molecule has 3 nitrogen and oxygen atoms in total. The molecule has 1 unspecified atom stereocenters. The van der Waals surface area contributed by atoms with Gasteiger partial charge in [-0.25, -0.2) is 0 Å². The lowest BCUT2D eigenvalue weighted by Crippen LogP contribution is -2.17. The summed E-state index contributed by atoms with van der Waals surface area (Å²) >= 11 is 0. The summed E-state index contributed by atoms with van der Waals surface area (Å²) in [5.41, 5.74) is 0.985. The molecule has 0 aliphatic rings. The maximum atomic E-state index is 4.33. The molecule has 0 amide bonds. The highest BCUT2D eigenvalue weighted by Gasteiger charge is 2.09. The number of nitrogens with one attached hydrogen (secondary N) is 1. The minimum absolute atomic E-state index is 0.425. The standard InChI is InChI=1S/C17H25N3/c1-12(2)8-7-9-13(3)18-17-16-11-6-5-10-15(16)14(4)19-20-17/h5-6,10-13H,7-9H2,1-4H3,(H,18,20). The smallest absolute Gasteiger partial charge is 0.156 e. The van der Waals surface area contributed by atoms with E-state index >= 15 is 0 Å². The molecule has 1 atom stereocenters. The predicted octanol–water partition coefficient (Wildman–Crippen LogP) is 4.56. The molecule has 0 aliphatic carbocycles. The molecule has 3 heteroatoms. The monoisotopic (exact) mass is 271 g/mol. The van der Waals surface area contributed by atoms with Gasteiger partial charge in [0.05, 0.1) is 5.69 Å². The van der Waals surface area contributed by atoms with Crippen molar-refractivity contribution in [2.24, 2.45) is 5.92 Å². The van der Waals surface area contributed by atoms with Gasteiger partial charge < -0.3 is 5.32 Å². The fourth-order valence-electron chi connectivity index (χ4n) is 2.48. The summed E-state index contributed by atoms with van der Waals surface area (Å²) in [5.74, 6) is 1.69. The summed E-state index contributed by atoms with van der Waals surface area (Å²) in [5, 5.41) is 14.4. The zero-order valence-corrected chi connectivity index (χ0v) is 13.0. The van der Waals surface area contributed by atoms with E-state index in [1.165, 1.54) is 24.6 Å². The molecule has 1 aromatic heterocycles. The molecular weight excluding hydrogens is 246 g/mol. The van der Waals surface area contributed by atoms with Gasteiger partial charge in [0.2, 0.25) is 0 Å². The van der Waals surface area contributed by atoms with Gasteiger partial charge in [0.1, 0.15) is 0 Å². The van der Waals surface area contributed by atoms with Gasteiger partial charge in [0.15, 0.2) is 5.82 Å². The van der Waals surface area contributed by atoms with Crippen molar-refractivity contribution < 1.29 is 0 Å². The number of fused-ring (bicyclic) bond motifs is 1. The van der Waals surface area contributed by atoms with Gasteiger partial charge in [-0.2, -0.15) is 5.10 Å². The van der Waals surface area contributed by atoms with Crippen LogP contribution in [0, 0.1) is 12.8 Å². The lowest BCUT2D eigenvalue weighted by atomic mass is 10.0. The van der Waals surface area contributed by atoms with Crippen molar-refractivity contribution in [3.05, 3.63) is 30.0 Å². The Bertz CT molecular complexity index is 563. The van der Waals surface area contributed by atoms with Crippen molar-refractivity contribution in [2.75, 3.05) is 5.32 Å². The molecule has 1 heterocycles. The topological polar surface area (TPSA) is 37.8 Å². The van der Waals surface area contributed by atoms with E-state index < -0.39 is 0 Å². The highest BCUT2D eigenvalue weighted by molar-refractivity contribution is 5.92. The van der Waals surface area contributed by atoms with Crippen LogP contribution in [0.5, 0.6) is 0 Å². The minimum Gasteiger partial charge on any atom is -0.366 e. The number of nitrogens with zero attached hydrogens (tertiary/aromatic N) is 2. The number of aryl methyl sites for hydroxylation is 1. The Labute approximate surface area is 121 Å². The number of anilines is 1. The van der Waals surface area contributed by atoms with Crippen LogP contribution in [0.25, 0.3) is 10.8 Å². The maximum absolute atomic E-state index is 4.33. The number of benzene rings is 1. The summed E-state index contributed by atoms with van der Waals surface area (Å²) in [4.78, 5) is 0. The zero-order chi connectivity index (χ0) is 14.5. The molecular formula is C17H25N3. The van der Waals surface area contributed by atoms with Crippen molar-refractivity contribution >= 4 is 16.6 Å². The second kappa shape index (κ2) is 6.69. The lowest BCUT2D eigenvalue weighted by molar-refractivity contribution is 0.520. The van der Waals surface area contributed by atoms with Crippen LogP contribution in [0.3, 0.4) is 0 Å². The predicted molar refractivity (Wildman–Crippen MR) is 86.0 cm³/mol. The van der Waals surface area contributed by atoms with Gasteiger partial charge in [0.25, 0.3) is 0 Å². The van der Waals surface area contributed by atoms with Gasteiger partial charge in [-0.15, -0.1) is 5.10 Å². The third kappa shape index (κ3) is 3.69. The molecule has 2 aromatic rings. The second-order valence-corrected chi connectivity index (χ2v) is 6.05. The average Bonchev–Trinajstić information content (AvgIpc) is 2.42. The van der Waals surface area contributed by atoms with Crippen LogP contribution in [0.4, 0.5) is 5.82 Å². The first kappa shape index (κ1) is 14.8. The van der Waals surface area contributed by atoms with Gasteiger partial charge >= 0.3 is 0 Å². The van der Waals surface area contributed by atoms with Crippen molar-refractivity contribution in [3.63, 3.8) is 0 Å². The first-order valence-corrected chi connectivity index (χ1v) is 7.56. The molecule has 0 saturated heterocycles. The summed E-state index contributed by atoms with van der Waals surface area (Å²) in [7, 11) is 0. The summed E-state index contributed by atoms with van der Waals surface area (Å²) < 4.78 is 0. The fourth-order valence-corrected chi connectivity index (χ4v) is 2.48. The van der Waals surface area contributed by atoms with E-state index in [2.05, 4.69) is 54.5 Å². The molecule has 1 aromatic carbocycles. The van der Waals surface area contributed by atoms with E-state index in [1.807, 2.05) is 13.0 Å². The largest absolute Gasteiger partial charge is 0.366 e. The first-order chi connectivity index (χ1) is 9.58. The normalized spacial score (nSPS) is 12.8. The van der Waals surface area contributed by atoms with Crippen LogP contribution >= 0.6 is 0 Å². The van der Waals surface area contributed by atoms with Crippen molar-refractivity contribution in [1.82, 2.24) is 10.2 Å². The highest BCUT2D eigenvalue weighted by atomic mass is 15.2. The van der Waals surface area contributed by atoms with Crippen LogP contribution < -0.4 is 5.32 Å². The summed E-state index contributed by atoms with van der Waals surface area (Å²) in [6.45, 7) is 8.77. The molecule has 108 valence electrons. The summed E-state index contributed by atoms with van der Waals surface area (Å²) in [6, 6.07) is 8.74. The molecule has 0 spiro atoms.